The number of anilines is 2. The normalized spacial score (nSPS) is 14.0. The van der Waals surface area contributed by atoms with E-state index in [1.807, 2.05) is 0 Å². The highest BCUT2D eigenvalue weighted by molar-refractivity contribution is 7.94. The molecule has 3 aromatic rings. The highest BCUT2D eigenvalue weighted by Crippen LogP contribution is 2.33. The van der Waals surface area contributed by atoms with Gasteiger partial charge >= 0.3 is 0 Å². The van der Waals surface area contributed by atoms with E-state index in [0.29, 0.717) is 32.8 Å². The molecule has 0 radical (unpaired) electrons. The van der Waals surface area contributed by atoms with Crippen LogP contribution in [0.3, 0.4) is 0 Å². The Hall–Kier alpha value is -2.82. The van der Waals surface area contributed by atoms with E-state index >= 15 is 0 Å². The molecule has 1 amide bonds. The summed E-state index contributed by atoms with van der Waals surface area (Å²) >= 11 is 7.06. The van der Waals surface area contributed by atoms with Gasteiger partial charge in [-0.3, -0.25) is 9.52 Å². The van der Waals surface area contributed by atoms with Crippen molar-refractivity contribution in [1.29, 1.82) is 0 Å². The van der Waals surface area contributed by atoms with Gasteiger partial charge in [-0.05, 0) is 62.2 Å². The van der Waals surface area contributed by atoms with Crippen LogP contribution in [0.25, 0.3) is 12.2 Å². The summed E-state index contributed by atoms with van der Waals surface area (Å²) < 4.78 is 38.8. The van der Waals surface area contributed by atoms with E-state index in [1.54, 1.807) is 37.3 Å². The summed E-state index contributed by atoms with van der Waals surface area (Å²) in [6.45, 7) is 1.74. The number of nitrogens with zero attached hydrogens (tertiary/aromatic N) is 1. The van der Waals surface area contributed by atoms with Gasteiger partial charge in [0, 0.05) is 15.8 Å². The largest absolute Gasteiger partial charge is 0.495 e. The first-order chi connectivity index (χ1) is 15.3. The number of amides is 1. The topological polar surface area (TPSA) is 111 Å². The molecule has 1 aromatic carbocycles. The van der Waals surface area contributed by atoms with Crippen LogP contribution in [-0.2, 0) is 14.8 Å². The van der Waals surface area contributed by atoms with Gasteiger partial charge in [-0.1, -0.05) is 16.8 Å². The molecule has 2 N–H and O–H groups in total. The van der Waals surface area contributed by atoms with Crippen molar-refractivity contribution in [3.05, 3.63) is 51.7 Å². The third-order valence-corrected chi connectivity index (χ3v) is 7.90. The molecule has 168 valence electrons. The van der Waals surface area contributed by atoms with Gasteiger partial charge in [0.05, 0.1) is 12.8 Å². The Bertz CT molecular complexity index is 1290. The maximum atomic E-state index is 12.8. The first kappa shape index (κ1) is 22.4. The van der Waals surface area contributed by atoms with Crippen LogP contribution in [-0.4, -0.2) is 26.6 Å². The molecule has 32 heavy (non-hydrogen) atoms. The number of aromatic nitrogens is 1. The van der Waals surface area contributed by atoms with Crippen LogP contribution in [0.1, 0.15) is 29.2 Å². The lowest BCUT2D eigenvalue weighted by atomic mass is 10.2. The highest BCUT2D eigenvalue weighted by Gasteiger charge is 2.30. The molecule has 4 rings (SSSR count). The third kappa shape index (κ3) is 4.98. The molecule has 2 aromatic heterocycles. The lowest BCUT2D eigenvalue weighted by molar-refractivity contribution is -0.117. The van der Waals surface area contributed by atoms with Crippen molar-refractivity contribution < 1.29 is 22.5 Å². The minimum absolute atomic E-state index is 0.0435. The van der Waals surface area contributed by atoms with Crippen molar-refractivity contribution in [3.8, 4) is 5.75 Å². The smallest absolute Gasteiger partial charge is 0.271 e. The van der Waals surface area contributed by atoms with Crippen LogP contribution in [0.15, 0.2) is 39.1 Å². The highest BCUT2D eigenvalue weighted by atomic mass is 35.5. The molecular weight excluding hydrogens is 474 g/mol. The summed E-state index contributed by atoms with van der Waals surface area (Å²) in [5.74, 6) is 0.766. The van der Waals surface area contributed by atoms with Gasteiger partial charge in [0.1, 0.15) is 21.3 Å². The molecule has 0 bridgehead atoms. The Kier molecular flexibility index (Phi) is 6.27. The number of ether oxygens (including phenoxy) is 1. The van der Waals surface area contributed by atoms with Crippen molar-refractivity contribution in [3.63, 3.8) is 0 Å². The number of hydrogen-bond donors (Lipinski definition) is 2. The summed E-state index contributed by atoms with van der Waals surface area (Å²) in [5.41, 5.74) is 1.35. The second-order valence-electron chi connectivity index (χ2n) is 7.21. The average molecular weight is 494 g/mol. The SMILES string of the molecule is COc1ccc(Cl)cc1NS(=O)(=O)c1ccc(C=Cc2onc(C)c2NC(=O)C2CC2)s1. The summed E-state index contributed by atoms with van der Waals surface area (Å²) in [5, 5.41) is 7.15. The van der Waals surface area contributed by atoms with Gasteiger partial charge in [0.15, 0.2) is 5.76 Å². The number of halogens is 1. The van der Waals surface area contributed by atoms with E-state index in [1.165, 1.54) is 19.2 Å². The van der Waals surface area contributed by atoms with Gasteiger partial charge in [-0.2, -0.15) is 0 Å². The van der Waals surface area contributed by atoms with Gasteiger partial charge in [-0.15, -0.1) is 11.3 Å². The number of thiophene rings is 1. The first-order valence-electron chi connectivity index (χ1n) is 9.68. The molecule has 11 heteroatoms. The van der Waals surface area contributed by atoms with Crippen molar-refractivity contribution in [2.24, 2.45) is 5.92 Å². The summed E-state index contributed by atoms with van der Waals surface area (Å²) in [4.78, 5) is 12.8. The number of benzene rings is 1. The van der Waals surface area contributed by atoms with Gasteiger partial charge in [0.2, 0.25) is 5.91 Å². The quantitative estimate of drug-likeness (QED) is 0.455. The maximum absolute atomic E-state index is 12.8. The standard InChI is InChI=1S/C21H20ClN3O5S2/c1-12-20(23-21(26)13-3-4-13)18(30-24-12)9-6-15-7-10-19(31-15)32(27,28)25-16-11-14(22)5-8-17(16)29-2/h5-11,13,25H,3-4H2,1-2H3,(H,23,26). The third-order valence-electron chi connectivity index (χ3n) is 4.76. The number of sulfonamides is 1. The molecule has 2 heterocycles. The molecule has 1 aliphatic carbocycles. The van der Waals surface area contributed by atoms with Crippen molar-refractivity contribution in [2.45, 2.75) is 24.0 Å². The van der Waals surface area contributed by atoms with Crippen LogP contribution in [0.5, 0.6) is 5.75 Å². The first-order valence-corrected chi connectivity index (χ1v) is 12.4. The van der Waals surface area contributed by atoms with E-state index in [2.05, 4.69) is 15.2 Å². The molecule has 0 aliphatic heterocycles. The molecule has 0 unspecified atom stereocenters. The molecule has 0 atom stereocenters. The minimum atomic E-state index is -3.84. The Balaban J connectivity index is 1.51. The predicted octanol–water partition coefficient (Wildman–Crippen LogP) is 5.03. The van der Waals surface area contributed by atoms with Gasteiger partial charge < -0.3 is 14.6 Å². The van der Waals surface area contributed by atoms with Gasteiger partial charge in [0.25, 0.3) is 10.0 Å². The van der Waals surface area contributed by atoms with Crippen LogP contribution in [0, 0.1) is 12.8 Å². The fraction of sp³-hybridized carbons (Fsp3) is 0.238. The van der Waals surface area contributed by atoms with Crippen molar-refractivity contribution in [2.75, 3.05) is 17.1 Å². The molecule has 1 aliphatic rings. The average Bonchev–Trinajstić information content (AvgIpc) is 3.39. The van der Waals surface area contributed by atoms with Crippen LogP contribution < -0.4 is 14.8 Å². The number of methoxy groups -OCH3 is 1. The Morgan fingerprint density at radius 2 is 2.06 bits per heavy atom. The number of carbonyl (C=O) groups excluding carboxylic acids is 1. The number of carbonyl (C=O) groups is 1. The van der Waals surface area contributed by atoms with Gasteiger partial charge in [-0.25, -0.2) is 8.42 Å². The van der Waals surface area contributed by atoms with Crippen LogP contribution in [0.2, 0.25) is 5.02 Å². The fourth-order valence-corrected chi connectivity index (χ4v) is 5.37. The van der Waals surface area contributed by atoms with E-state index < -0.39 is 10.0 Å². The molecule has 1 saturated carbocycles. The van der Waals surface area contributed by atoms with Crippen molar-refractivity contribution in [1.82, 2.24) is 5.16 Å². The van der Waals surface area contributed by atoms with Crippen LogP contribution >= 0.6 is 22.9 Å². The number of rotatable bonds is 8. The Labute approximate surface area is 194 Å². The monoisotopic (exact) mass is 493 g/mol. The maximum Gasteiger partial charge on any atom is 0.271 e. The van der Waals surface area contributed by atoms with E-state index in [-0.39, 0.29) is 21.7 Å². The second kappa shape index (κ2) is 8.97. The zero-order valence-electron chi connectivity index (χ0n) is 17.2. The second-order valence-corrected chi connectivity index (χ2v) is 10.7. The molecular formula is C21H20ClN3O5S2. The number of nitrogens with one attached hydrogen (secondary N) is 2. The van der Waals surface area contributed by atoms with E-state index in [4.69, 9.17) is 20.9 Å². The summed E-state index contributed by atoms with van der Waals surface area (Å²) in [6, 6.07) is 7.86. The molecule has 0 saturated heterocycles. The van der Waals surface area contributed by atoms with E-state index in [0.717, 1.165) is 24.2 Å². The predicted molar refractivity (Wildman–Crippen MR) is 125 cm³/mol. The van der Waals surface area contributed by atoms with Crippen molar-refractivity contribution >= 4 is 62.4 Å². The summed E-state index contributed by atoms with van der Waals surface area (Å²) in [7, 11) is -2.40. The molecule has 8 nitrogen and oxygen atoms in total. The Morgan fingerprint density at radius 1 is 1.28 bits per heavy atom. The lowest BCUT2D eigenvalue weighted by Crippen LogP contribution is -2.14. The zero-order valence-corrected chi connectivity index (χ0v) is 19.6. The lowest BCUT2D eigenvalue weighted by Gasteiger charge is -2.11. The fourth-order valence-electron chi connectivity index (χ4n) is 2.91. The number of hydrogen-bond acceptors (Lipinski definition) is 7. The molecule has 0 spiro atoms. The van der Waals surface area contributed by atoms with Crippen LogP contribution in [0.4, 0.5) is 11.4 Å². The summed E-state index contributed by atoms with van der Waals surface area (Å²) in [6.07, 6.45) is 5.14. The Morgan fingerprint density at radius 3 is 2.78 bits per heavy atom. The number of aryl methyl sites for hydroxylation is 1. The zero-order chi connectivity index (χ0) is 22.9. The van der Waals surface area contributed by atoms with E-state index in [9.17, 15) is 13.2 Å². The molecule has 1 fully saturated rings. The minimum Gasteiger partial charge on any atom is -0.495 e.